The molecule has 0 spiro atoms. The molecule has 2 heterocycles. The van der Waals surface area contributed by atoms with Gasteiger partial charge in [-0.2, -0.15) is 0 Å². The summed E-state index contributed by atoms with van der Waals surface area (Å²) in [5.74, 6) is 3.30. The van der Waals surface area contributed by atoms with E-state index in [9.17, 15) is 4.79 Å². The fraction of sp³-hybridized carbons (Fsp3) is 0.158. The van der Waals surface area contributed by atoms with E-state index in [-0.39, 0.29) is 5.56 Å². The van der Waals surface area contributed by atoms with E-state index in [0.29, 0.717) is 5.69 Å². The minimum absolute atomic E-state index is 0.146. The Morgan fingerprint density at radius 2 is 1.96 bits per heavy atom. The van der Waals surface area contributed by atoms with Gasteiger partial charge in [0.2, 0.25) is 5.56 Å². The molecule has 0 saturated heterocycles. The number of H-pyrrole nitrogens is 1. The summed E-state index contributed by atoms with van der Waals surface area (Å²) in [4.78, 5) is 18.1. The number of aromatic amines is 1. The number of rotatable bonds is 1. The van der Waals surface area contributed by atoms with Crippen LogP contribution < -0.4 is 5.56 Å². The highest BCUT2D eigenvalue weighted by atomic mass is 16.1. The van der Waals surface area contributed by atoms with Crippen molar-refractivity contribution in [3.63, 3.8) is 0 Å². The maximum absolute atomic E-state index is 11.2. The fourth-order valence-electron chi connectivity index (χ4n) is 2.71. The lowest BCUT2D eigenvalue weighted by Gasteiger charge is -2.17. The van der Waals surface area contributed by atoms with E-state index in [1.54, 1.807) is 6.20 Å². The third-order valence-corrected chi connectivity index (χ3v) is 3.97. The van der Waals surface area contributed by atoms with Gasteiger partial charge in [0, 0.05) is 12.3 Å². The minimum Gasteiger partial charge on any atom is -0.329 e. The van der Waals surface area contributed by atoms with E-state index in [0.717, 1.165) is 17.2 Å². The van der Waals surface area contributed by atoms with E-state index in [4.69, 9.17) is 6.42 Å². The van der Waals surface area contributed by atoms with Crippen molar-refractivity contribution in [2.45, 2.75) is 20.8 Å². The Hall–Kier alpha value is -3.06. The lowest BCUT2D eigenvalue weighted by molar-refractivity contribution is 0.933. The van der Waals surface area contributed by atoms with Gasteiger partial charge in [0.05, 0.1) is 11.4 Å². The third-order valence-electron chi connectivity index (χ3n) is 3.97. The van der Waals surface area contributed by atoms with Crippen LogP contribution in [0.25, 0.3) is 16.8 Å². The maximum atomic E-state index is 11.2. The molecule has 0 saturated carbocycles. The number of hydrogen-bond acceptors (Lipinski definition) is 2. The van der Waals surface area contributed by atoms with Crippen molar-refractivity contribution >= 4 is 0 Å². The van der Waals surface area contributed by atoms with E-state index in [1.165, 1.54) is 22.8 Å². The lowest BCUT2D eigenvalue weighted by Crippen LogP contribution is -2.07. The van der Waals surface area contributed by atoms with Crippen molar-refractivity contribution in [3.05, 3.63) is 69.7 Å². The number of fused-ring (bicyclic) bond motifs is 1. The molecule has 0 aromatic carbocycles. The average Bonchev–Trinajstić information content (AvgIpc) is 2.79. The maximum Gasteiger partial charge on any atom is 0.250 e. The Labute approximate surface area is 134 Å². The smallest absolute Gasteiger partial charge is 0.250 e. The molecule has 0 radical (unpaired) electrons. The number of hydrogen-bond donors (Lipinski definition) is 1. The van der Waals surface area contributed by atoms with Gasteiger partial charge in [-0.15, -0.1) is 6.42 Å². The molecule has 2 aliphatic carbocycles. The highest BCUT2D eigenvalue weighted by Crippen LogP contribution is 2.35. The van der Waals surface area contributed by atoms with Crippen molar-refractivity contribution in [3.8, 4) is 29.2 Å². The molecule has 114 valence electrons. The zero-order valence-electron chi connectivity index (χ0n) is 13.3. The number of benzene rings is 1. The van der Waals surface area contributed by atoms with Crippen LogP contribution in [-0.2, 0) is 0 Å². The number of aromatic nitrogens is 3. The minimum atomic E-state index is -0.146. The molecule has 2 aliphatic rings. The van der Waals surface area contributed by atoms with Crippen molar-refractivity contribution in [2.24, 2.45) is 0 Å². The first-order chi connectivity index (χ1) is 11.0. The molecule has 0 bridgehead atoms. The van der Waals surface area contributed by atoms with Gasteiger partial charge in [0.1, 0.15) is 11.5 Å². The van der Waals surface area contributed by atoms with Crippen molar-refractivity contribution < 1.29 is 0 Å². The predicted octanol–water partition coefficient (Wildman–Crippen LogP) is 3.13. The number of aryl methyl sites for hydroxylation is 2. The van der Waals surface area contributed by atoms with Crippen LogP contribution in [0.1, 0.15) is 22.8 Å². The third kappa shape index (κ3) is 2.58. The Morgan fingerprint density at radius 1 is 1.17 bits per heavy atom. The van der Waals surface area contributed by atoms with Crippen molar-refractivity contribution in [1.82, 2.24) is 14.5 Å². The monoisotopic (exact) mass is 303 g/mol. The van der Waals surface area contributed by atoms with Crippen LogP contribution in [0, 0.1) is 33.1 Å². The summed E-state index contributed by atoms with van der Waals surface area (Å²) in [6, 6.07) is 9.83. The Kier molecular flexibility index (Phi) is 3.63. The molecule has 0 fully saturated rings. The second-order valence-corrected chi connectivity index (χ2v) is 5.51. The zero-order valence-corrected chi connectivity index (χ0v) is 13.3. The lowest BCUT2D eigenvalue weighted by atomic mass is 9.88. The Bertz CT molecular complexity index is 987. The standard InChI is InChI=1S/C12H11N3O.C7H6/c1-4-11-8(2)15(9(3)14-11)10-5-6-13-12(16)7-10;1-5-4-6-2-3-7(5)6/h1,5-7H,2-3H3,(H,13,16);2-4H,1H3. The second kappa shape index (κ2) is 5.62. The molecule has 2 aromatic heterocycles. The van der Waals surface area contributed by atoms with E-state index < -0.39 is 0 Å². The molecule has 0 amide bonds. The topological polar surface area (TPSA) is 50.7 Å². The Balaban J connectivity index is 0.000000183. The van der Waals surface area contributed by atoms with Crippen molar-refractivity contribution in [1.29, 1.82) is 0 Å². The molecule has 4 nitrogen and oxygen atoms in total. The van der Waals surface area contributed by atoms with E-state index in [1.807, 2.05) is 24.5 Å². The van der Waals surface area contributed by atoms with Crippen LogP contribution in [0.5, 0.6) is 0 Å². The van der Waals surface area contributed by atoms with Crippen LogP contribution in [0.4, 0.5) is 0 Å². The molecular formula is C19H17N3O. The van der Waals surface area contributed by atoms with Crippen LogP contribution in [-0.4, -0.2) is 14.5 Å². The molecule has 2 aromatic rings. The van der Waals surface area contributed by atoms with Gasteiger partial charge in [0.15, 0.2) is 0 Å². The van der Waals surface area contributed by atoms with Gasteiger partial charge >= 0.3 is 0 Å². The normalized spacial score (nSPS) is 10.5. The SMILES string of the molecule is C#Cc1nc(C)n(-c2cc[nH]c(=O)c2)c1C.Cc1cc2ccc1-2. The van der Waals surface area contributed by atoms with Crippen LogP contribution >= 0.6 is 0 Å². The highest BCUT2D eigenvalue weighted by Gasteiger charge is 2.11. The number of terminal acetylenes is 1. The zero-order chi connectivity index (χ0) is 16.6. The highest BCUT2D eigenvalue weighted by molar-refractivity contribution is 5.80. The number of pyridine rings is 1. The van der Waals surface area contributed by atoms with E-state index in [2.05, 4.69) is 41.0 Å². The quantitative estimate of drug-likeness (QED) is 0.549. The van der Waals surface area contributed by atoms with Gasteiger partial charge in [-0.1, -0.05) is 18.2 Å². The summed E-state index contributed by atoms with van der Waals surface area (Å²) in [5, 5.41) is 0. The van der Waals surface area contributed by atoms with Gasteiger partial charge < -0.3 is 4.98 Å². The fourth-order valence-corrected chi connectivity index (χ4v) is 2.71. The summed E-state index contributed by atoms with van der Waals surface area (Å²) in [6.07, 6.45) is 6.95. The summed E-state index contributed by atoms with van der Waals surface area (Å²) in [6.45, 7) is 5.88. The first kappa shape index (κ1) is 14.9. The first-order valence-corrected chi connectivity index (χ1v) is 7.34. The molecule has 4 rings (SSSR count). The number of nitrogens with one attached hydrogen (secondary N) is 1. The summed E-state index contributed by atoms with van der Waals surface area (Å²) >= 11 is 0. The van der Waals surface area contributed by atoms with Crippen LogP contribution in [0.15, 0.2) is 41.3 Å². The second-order valence-electron chi connectivity index (χ2n) is 5.51. The van der Waals surface area contributed by atoms with Gasteiger partial charge in [-0.05, 0) is 49.4 Å². The van der Waals surface area contributed by atoms with E-state index >= 15 is 0 Å². The van der Waals surface area contributed by atoms with Gasteiger partial charge in [-0.25, -0.2) is 4.98 Å². The van der Waals surface area contributed by atoms with Gasteiger partial charge in [-0.3, -0.25) is 9.36 Å². The molecule has 0 aliphatic heterocycles. The summed E-state index contributed by atoms with van der Waals surface area (Å²) in [7, 11) is 0. The number of nitrogens with zero attached hydrogens (tertiary/aromatic N) is 2. The van der Waals surface area contributed by atoms with Gasteiger partial charge in [0.25, 0.3) is 0 Å². The van der Waals surface area contributed by atoms with Crippen LogP contribution in [0.2, 0.25) is 0 Å². The largest absolute Gasteiger partial charge is 0.329 e. The summed E-state index contributed by atoms with van der Waals surface area (Å²) in [5.41, 5.74) is 6.46. The predicted molar refractivity (Wildman–Crippen MR) is 91.8 cm³/mol. The molecule has 4 heteroatoms. The molecule has 0 unspecified atom stereocenters. The Morgan fingerprint density at radius 3 is 2.35 bits per heavy atom. The number of imidazole rings is 1. The molecular weight excluding hydrogens is 286 g/mol. The molecule has 1 N–H and O–H groups in total. The van der Waals surface area contributed by atoms with Crippen molar-refractivity contribution in [2.75, 3.05) is 0 Å². The first-order valence-electron chi connectivity index (χ1n) is 7.34. The molecule has 23 heavy (non-hydrogen) atoms. The summed E-state index contributed by atoms with van der Waals surface area (Å²) < 4.78 is 1.87. The average molecular weight is 303 g/mol. The van der Waals surface area contributed by atoms with Crippen LogP contribution in [0.3, 0.4) is 0 Å². The molecule has 0 atom stereocenters.